The first kappa shape index (κ1) is 20.6. The van der Waals surface area contributed by atoms with Crippen LogP contribution < -0.4 is 0 Å². The van der Waals surface area contributed by atoms with Crippen LogP contribution in [0.5, 0.6) is 0 Å². The zero-order valence-corrected chi connectivity index (χ0v) is 15.4. The number of carbonyl (C=O) groups is 1. The Morgan fingerprint density at radius 2 is 1.40 bits per heavy atom. The standard InChI is InChI=1S/C17H28F2O5S/c1-12(17(18,19)25(21,22)23)24-16(20)15(13-8-4-2-5-9-13)14-10-6-3-7-11-14/h12-15H,2-11H2,1H3,(H,21,22,23). The topological polar surface area (TPSA) is 80.7 Å². The average molecular weight is 382 g/mol. The van der Waals surface area contributed by atoms with Crippen LogP contribution in [0, 0.1) is 17.8 Å². The third-order valence-corrected chi connectivity index (χ3v) is 6.72. The summed E-state index contributed by atoms with van der Waals surface area (Å²) in [5.74, 6) is -0.985. The predicted molar refractivity (Wildman–Crippen MR) is 88.7 cm³/mol. The Bertz CT molecular complexity index is 533. The van der Waals surface area contributed by atoms with Crippen molar-refractivity contribution in [1.29, 1.82) is 0 Å². The highest BCUT2D eigenvalue weighted by Gasteiger charge is 2.52. The van der Waals surface area contributed by atoms with Crippen molar-refractivity contribution in [2.45, 2.75) is 82.5 Å². The fourth-order valence-corrected chi connectivity index (χ4v) is 4.76. The van der Waals surface area contributed by atoms with Crippen molar-refractivity contribution in [2.24, 2.45) is 17.8 Å². The van der Waals surface area contributed by atoms with E-state index in [1.165, 1.54) is 0 Å². The van der Waals surface area contributed by atoms with E-state index in [1.54, 1.807) is 0 Å². The Balaban J connectivity index is 2.14. The summed E-state index contributed by atoms with van der Waals surface area (Å²) in [5, 5.41) is -4.51. The monoisotopic (exact) mass is 382 g/mol. The minimum absolute atomic E-state index is 0.107. The molecule has 1 unspecified atom stereocenters. The highest BCUT2D eigenvalue weighted by atomic mass is 32.2. The van der Waals surface area contributed by atoms with Crippen molar-refractivity contribution in [3.8, 4) is 0 Å². The van der Waals surface area contributed by atoms with E-state index in [4.69, 9.17) is 9.29 Å². The number of esters is 1. The molecule has 0 aromatic rings. The molecule has 2 saturated carbocycles. The molecular weight excluding hydrogens is 354 g/mol. The third-order valence-electron chi connectivity index (χ3n) is 5.70. The molecule has 2 aliphatic rings. The van der Waals surface area contributed by atoms with E-state index in [9.17, 15) is 22.0 Å². The number of hydrogen-bond acceptors (Lipinski definition) is 4. The summed E-state index contributed by atoms with van der Waals surface area (Å²) < 4.78 is 62.7. The van der Waals surface area contributed by atoms with Gasteiger partial charge in [-0.05, 0) is 44.4 Å². The number of hydrogen-bond donors (Lipinski definition) is 1. The molecule has 5 nitrogen and oxygen atoms in total. The molecule has 0 aromatic heterocycles. The van der Waals surface area contributed by atoms with E-state index in [0.29, 0.717) is 0 Å². The molecule has 1 atom stereocenters. The zero-order valence-electron chi connectivity index (χ0n) is 14.6. The van der Waals surface area contributed by atoms with Gasteiger partial charge in [0.1, 0.15) is 0 Å². The van der Waals surface area contributed by atoms with E-state index >= 15 is 0 Å². The van der Waals surface area contributed by atoms with Crippen molar-refractivity contribution in [2.75, 3.05) is 0 Å². The lowest BCUT2D eigenvalue weighted by Crippen LogP contribution is -2.44. The maximum Gasteiger partial charge on any atom is 0.405 e. The minimum atomic E-state index is -5.63. The Morgan fingerprint density at radius 1 is 1.00 bits per heavy atom. The molecule has 0 aromatic carbocycles. The number of ether oxygens (including phenoxy) is 1. The van der Waals surface area contributed by atoms with Gasteiger partial charge in [-0.3, -0.25) is 9.35 Å². The van der Waals surface area contributed by atoms with Crippen LogP contribution in [0.2, 0.25) is 0 Å². The summed E-state index contributed by atoms with van der Waals surface area (Å²) in [5.41, 5.74) is 0. The summed E-state index contributed by atoms with van der Waals surface area (Å²) in [4.78, 5) is 12.7. The van der Waals surface area contributed by atoms with Gasteiger partial charge in [-0.25, -0.2) is 0 Å². The average Bonchev–Trinajstić information content (AvgIpc) is 2.56. The highest BCUT2D eigenvalue weighted by molar-refractivity contribution is 7.86. The first-order valence-corrected chi connectivity index (χ1v) is 10.6. The van der Waals surface area contributed by atoms with Crippen LogP contribution in [-0.4, -0.2) is 30.3 Å². The molecule has 8 heteroatoms. The van der Waals surface area contributed by atoms with E-state index in [1.807, 2.05) is 0 Å². The van der Waals surface area contributed by atoms with Gasteiger partial charge in [-0.2, -0.15) is 17.2 Å². The van der Waals surface area contributed by atoms with Crippen LogP contribution in [0.25, 0.3) is 0 Å². The Labute approximate surface area is 148 Å². The lowest BCUT2D eigenvalue weighted by molar-refractivity contribution is -0.170. The lowest BCUT2D eigenvalue weighted by atomic mass is 9.69. The van der Waals surface area contributed by atoms with Crippen LogP contribution in [-0.2, 0) is 19.6 Å². The van der Waals surface area contributed by atoms with Crippen molar-refractivity contribution in [1.82, 2.24) is 0 Å². The van der Waals surface area contributed by atoms with Gasteiger partial charge in [0.15, 0.2) is 6.10 Å². The normalized spacial score (nSPS) is 22.8. The van der Waals surface area contributed by atoms with Crippen LogP contribution >= 0.6 is 0 Å². The van der Waals surface area contributed by atoms with Crippen LogP contribution in [0.3, 0.4) is 0 Å². The Hall–Kier alpha value is -0.760. The quantitative estimate of drug-likeness (QED) is 0.551. The molecule has 2 fully saturated rings. The number of rotatable bonds is 6. The second-order valence-corrected chi connectivity index (χ2v) is 8.93. The van der Waals surface area contributed by atoms with Gasteiger partial charge in [-0.1, -0.05) is 38.5 Å². The summed E-state index contributed by atoms with van der Waals surface area (Å²) in [6.45, 7) is 0.810. The minimum Gasteiger partial charge on any atom is -0.455 e. The van der Waals surface area contributed by atoms with Gasteiger partial charge >= 0.3 is 21.3 Å². The Morgan fingerprint density at radius 3 is 1.76 bits per heavy atom. The van der Waals surface area contributed by atoms with E-state index in [-0.39, 0.29) is 11.8 Å². The van der Waals surface area contributed by atoms with Crippen LogP contribution in [0.4, 0.5) is 8.78 Å². The molecule has 0 aliphatic heterocycles. The lowest BCUT2D eigenvalue weighted by Gasteiger charge is -2.37. The van der Waals surface area contributed by atoms with E-state index < -0.39 is 33.4 Å². The molecule has 0 bridgehead atoms. The molecule has 2 aliphatic carbocycles. The molecule has 0 spiro atoms. The fourth-order valence-electron chi connectivity index (χ4n) is 4.29. The number of halogens is 2. The zero-order chi connectivity index (χ0) is 18.7. The van der Waals surface area contributed by atoms with Gasteiger partial charge in [0, 0.05) is 0 Å². The molecule has 25 heavy (non-hydrogen) atoms. The Kier molecular flexibility index (Phi) is 6.81. The largest absolute Gasteiger partial charge is 0.455 e. The maximum atomic E-state index is 13.7. The van der Waals surface area contributed by atoms with Gasteiger partial charge in [0.25, 0.3) is 0 Å². The van der Waals surface area contributed by atoms with Gasteiger partial charge in [-0.15, -0.1) is 0 Å². The first-order valence-electron chi connectivity index (χ1n) is 9.20. The molecular formula is C17H28F2O5S. The maximum absolute atomic E-state index is 13.7. The summed E-state index contributed by atoms with van der Waals surface area (Å²) in [7, 11) is -5.63. The predicted octanol–water partition coefficient (Wildman–Crippen LogP) is 4.18. The van der Waals surface area contributed by atoms with Crippen LogP contribution in [0.15, 0.2) is 0 Å². The van der Waals surface area contributed by atoms with Gasteiger partial charge in [0.05, 0.1) is 5.92 Å². The smallest absolute Gasteiger partial charge is 0.405 e. The van der Waals surface area contributed by atoms with Crippen molar-refractivity contribution >= 4 is 16.1 Å². The second-order valence-electron chi connectivity index (χ2n) is 7.44. The van der Waals surface area contributed by atoms with Crippen molar-refractivity contribution in [3.05, 3.63) is 0 Å². The molecule has 1 N–H and O–H groups in total. The fraction of sp³-hybridized carbons (Fsp3) is 0.941. The summed E-state index contributed by atoms with van der Waals surface area (Å²) in [6.07, 6.45) is 7.55. The highest BCUT2D eigenvalue weighted by Crippen LogP contribution is 2.41. The molecule has 146 valence electrons. The second kappa shape index (κ2) is 8.29. The van der Waals surface area contributed by atoms with Gasteiger partial charge in [0.2, 0.25) is 0 Å². The number of carbonyl (C=O) groups excluding carboxylic acids is 1. The third kappa shape index (κ3) is 4.90. The number of alkyl halides is 2. The van der Waals surface area contributed by atoms with Crippen molar-refractivity contribution in [3.63, 3.8) is 0 Å². The molecule has 0 radical (unpaired) electrons. The molecule has 2 rings (SSSR count). The van der Waals surface area contributed by atoms with Crippen LogP contribution in [0.1, 0.15) is 71.1 Å². The summed E-state index contributed by atoms with van der Waals surface area (Å²) in [6, 6.07) is 0. The van der Waals surface area contributed by atoms with Gasteiger partial charge < -0.3 is 4.74 Å². The summed E-state index contributed by atoms with van der Waals surface area (Å²) >= 11 is 0. The molecule has 0 amide bonds. The molecule has 0 heterocycles. The first-order chi connectivity index (χ1) is 11.6. The van der Waals surface area contributed by atoms with Crippen molar-refractivity contribution < 1.29 is 31.3 Å². The molecule has 0 saturated heterocycles. The SMILES string of the molecule is CC(OC(=O)C(C1CCCCC1)C1CCCCC1)C(F)(F)S(=O)(=O)O. The van der Waals surface area contributed by atoms with E-state index in [0.717, 1.165) is 71.1 Å². The van der Waals surface area contributed by atoms with E-state index in [2.05, 4.69) is 0 Å².